The second-order valence-electron chi connectivity index (χ2n) is 6.95. The molecule has 0 unspecified atom stereocenters. The SMILES string of the molecule is Cc1nc(Nc2ccc(N(C)C)cc2)cc(C(=O)Nc2cccc(C)c2C)n1. The quantitative estimate of drug-likeness (QED) is 0.689. The number of carbonyl (C=O) groups excluding carboxylic acids is 1. The van der Waals surface area contributed by atoms with Gasteiger partial charge in [0.15, 0.2) is 0 Å². The van der Waals surface area contributed by atoms with Crippen LogP contribution in [0.4, 0.5) is 22.9 Å². The van der Waals surface area contributed by atoms with Crippen LogP contribution < -0.4 is 15.5 Å². The normalized spacial score (nSPS) is 10.5. The third-order valence-corrected chi connectivity index (χ3v) is 4.58. The lowest BCUT2D eigenvalue weighted by Crippen LogP contribution is -2.16. The van der Waals surface area contributed by atoms with Gasteiger partial charge < -0.3 is 15.5 Å². The van der Waals surface area contributed by atoms with Crippen molar-refractivity contribution in [2.45, 2.75) is 20.8 Å². The fraction of sp³-hybridized carbons (Fsp3) is 0.227. The molecule has 0 atom stereocenters. The van der Waals surface area contributed by atoms with Gasteiger partial charge in [0.2, 0.25) is 0 Å². The molecule has 0 aliphatic carbocycles. The van der Waals surface area contributed by atoms with Crippen LogP contribution in [0.2, 0.25) is 0 Å². The minimum atomic E-state index is -0.259. The Balaban J connectivity index is 1.80. The fourth-order valence-electron chi connectivity index (χ4n) is 2.81. The Morgan fingerprint density at radius 3 is 2.36 bits per heavy atom. The van der Waals surface area contributed by atoms with Crippen LogP contribution in [-0.4, -0.2) is 30.0 Å². The molecule has 2 N–H and O–H groups in total. The first-order chi connectivity index (χ1) is 13.3. The van der Waals surface area contributed by atoms with Gasteiger partial charge in [-0.2, -0.15) is 0 Å². The number of benzene rings is 2. The Morgan fingerprint density at radius 1 is 0.964 bits per heavy atom. The average molecular weight is 375 g/mol. The summed E-state index contributed by atoms with van der Waals surface area (Å²) in [5, 5.41) is 6.18. The van der Waals surface area contributed by atoms with Crippen molar-refractivity contribution in [2.24, 2.45) is 0 Å². The number of anilines is 4. The van der Waals surface area contributed by atoms with Crippen LogP contribution in [0.3, 0.4) is 0 Å². The van der Waals surface area contributed by atoms with E-state index in [1.165, 1.54) is 0 Å². The molecule has 0 aliphatic rings. The third kappa shape index (κ3) is 4.46. The second kappa shape index (κ2) is 8.08. The Hall–Kier alpha value is -3.41. The summed E-state index contributed by atoms with van der Waals surface area (Å²) in [6, 6.07) is 15.5. The molecule has 2 aromatic carbocycles. The number of carbonyl (C=O) groups is 1. The zero-order chi connectivity index (χ0) is 20.3. The fourth-order valence-corrected chi connectivity index (χ4v) is 2.81. The van der Waals surface area contributed by atoms with Crippen molar-refractivity contribution in [2.75, 3.05) is 29.6 Å². The van der Waals surface area contributed by atoms with Gasteiger partial charge in [0.25, 0.3) is 5.91 Å². The van der Waals surface area contributed by atoms with E-state index in [2.05, 4.69) is 20.6 Å². The molecule has 1 heterocycles. The van der Waals surface area contributed by atoms with Gasteiger partial charge in [-0.05, 0) is 62.2 Å². The Labute approximate surface area is 165 Å². The van der Waals surface area contributed by atoms with Gasteiger partial charge in [0.05, 0.1) is 0 Å². The Kier molecular flexibility index (Phi) is 5.59. The van der Waals surface area contributed by atoms with Crippen LogP contribution in [0.25, 0.3) is 0 Å². The molecule has 1 aromatic heterocycles. The van der Waals surface area contributed by atoms with Crippen LogP contribution in [0, 0.1) is 20.8 Å². The molecule has 0 spiro atoms. The van der Waals surface area contributed by atoms with E-state index in [4.69, 9.17) is 0 Å². The minimum Gasteiger partial charge on any atom is -0.378 e. The van der Waals surface area contributed by atoms with Crippen LogP contribution in [-0.2, 0) is 0 Å². The number of rotatable bonds is 5. The highest BCUT2D eigenvalue weighted by Crippen LogP contribution is 2.21. The predicted molar refractivity (Wildman–Crippen MR) is 115 cm³/mol. The molecule has 0 aliphatic heterocycles. The molecule has 6 heteroatoms. The van der Waals surface area contributed by atoms with Crippen molar-refractivity contribution >= 4 is 28.8 Å². The summed E-state index contributed by atoms with van der Waals surface area (Å²) in [5.41, 5.74) is 5.28. The molecule has 3 aromatic rings. The number of amides is 1. The van der Waals surface area contributed by atoms with Crippen molar-refractivity contribution < 1.29 is 4.79 Å². The highest BCUT2D eigenvalue weighted by Gasteiger charge is 2.13. The van der Waals surface area contributed by atoms with Gasteiger partial charge in [-0.3, -0.25) is 4.79 Å². The van der Waals surface area contributed by atoms with E-state index in [0.29, 0.717) is 17.3 Å². The van der Waals surface area contributed by atoms with Crippen molar-refractivity contribution in [3.05, 3.63) is 71.2 Å². The molecule has 0 radical (unpaired) electrons. The van der Waals surface area contributed by atoms with Crippen molar-refractivity contribution in [1.29, 1.82) is 0 Å². The summed E-state index contributed by atoms with van der Waals surface area (Å²) in [7, 11) is 3.99. The first-order valence-corrected chi connectivity index (χ1v) is 9.11. The van der Waals surface area contributed by atoms with E-state index in [9.17, 15) is 4.79 Å². The lowest BCUT2D eigenvalue weighted by Gasteiger charge is -2.14. The van der Waals surface area contributed by atoms with E-state index < -0.39 is 0 Å². The second-order valence-corrected chi connectivity index (χ2v) is 6.95. The highest BCUT2D eigenvalue weighted by atomic mass is 16.1. The molecule has 0 fully saturated rings. The van der Waals surface area contributed by atoms with Crippen molar-refractivity contribution in [1.82, 2.24) is 9.97 Å². The zero-order valence-electron chi connectivity index (χ0n) is 16.9. The molecule has 0 saturated carbocycles. The van der Waals surface area contributed by atoms with E-state index in [-0.39, 0.29) is 5.91 Å². The molecule has 28 heavy (non-hydrogen) atoms. The molecule has 3 rings (SSSR count). The smallest absolute Gasteiger partial charge is 0.274 e. The van der Waals surface area contributed by atoms with Crippen LogP contribution in [0.15, 0.2) is 48.5 Å². The van der Waals surface area contributed by atoms with E-state index in [0.717, 1.165) is 28.2 Å². The van der Waals surface area contributed by atoms with E-state index in [1.807, 2.05) is 75.3 Å². The number of hydrogen-bond acceptors (Lipinski definition) is 5. The maximum absolute atomic E-state index is 12.7. The Bertz CT molecular complexity index is 996. The average Bonchev–Trinajstić information content (AvgIpc) is 2.65. The van der Waals surface area contributed by atoms with Gasteiger partial charge in [0, 0.05) is 37.2 Å². The van der Waals surface area contributed by atoms with Crippen molar-refractivity contribution in [3.8, 4) is 0 Å². The topological polar surface area (TPSA) is 70.2 Å². The first-order valence-electron chi connectivity index (χ1n) is 9.11. The molecule has 1 amide bonds. The number of hydrogen-bond donors (Lipinski definition) is 2. The van der Waals surface area contributed by atoms with Gasteiger partial charge in [-0.1, -0.05) is 12.1 Å². The van der Waals surface area contributed by atoms with Crippen LogP contribution >= 0.6 is 0 Å². The lowest BCUT2D eigenvalue weighted by molar-refractivity contribution is 0.102. The van der Waals surface area contributed by atoms with Gasteiger partial charge in [0.1, 0.15) is 17.3 Å². The molecule has 6 nitrogen and oxygen atoms in total. The number of nitrogens with zero attached hydrogens (tertiary/aromatic N) is 3. The van der Waals surface area contributed by atoms with E-state index in [1.54, 1.807) is 13.0 Å². The number of aromatic nitrogens is 2. The maximum Gasteiger partial charge on any atom is 0.274 e. The summed E-state index contributed by atoms with van der Waals surface area (Å²) in [5.74, 6) is 0.849. The molecular formula is C22H25N5O. The summed E-state index contributed by atoms with van der Waals surface area (Å²) < 4.78 is 0. The number of aryl methyl sites for hydroxylation is 2. The molecule has 0 bridgehead atoms. The molecular weight excluding hydrogens is 350 g/mol. The largest absolute Gasteiger partial charge is 0.378 e. The number of nitrogens with one attached hydrogen (secondary N) is 2. The Morgan fingerprint density at radius 2 is 1.68 bits per heavy atom. The molecule has 144 valence electrons. The highest BCUT2D eigenvalue weighted by molar-refractivity contribution is 6.03. The van der Waals surface area contributed by atoms with Gasteiger partial charge in [-0.15, -0.1) is 0 Å². The maximum atomic E-state index is 12.7. The summed E-state index contributed by atoms with van der Waals surface area (Å²) in [4.78, 5) is 23.4. The lowest BCUT2D eigenvalue weighted by atomic mass is 10.1. The third-order valence-electron chi connectivity index (χ3n) is 4.58. The standard InChI is InChI=1S/C22H25N5O/c1-14-7-6-8-19(15(14)2)26-22(28)20-13-21(24-16(3)23-20)25-17-9-11-18(12-10-17)27(4)5/h6-13H,1-5H3,(H,26,28)(H,23,24,25). The molecule has 0 saturated heterocycles. The minimum absolute atomic E-state index is 0.259. The predicted octanol–water partition coefficient (Wildman–Crippen LogP) is 4.46. The summed E-state index contributed by atoms with van der Waals surface area (Å²) >= 11 is 0. The van der Waals surface area contributed by atoms with Crippen molar-refractivity contribution in [3.63, 3.8) is 0 Å². The zero-order valence-corrected chi connectivity index (χ0v) is 16.9. The summed E-state index contributed by atoms with van der Waals surface area (Å²) in [6.07, 6.45) is 0. The van der Waals surface area contributed by atoms with Gasteiger partial charge in [-0.25, -0.2) is 9.97 Å². The van der Waals surface area contributed by atoms with Crippen LogP contribution in [0.1, 0.15) is 27.4 Å². The monoisotopic (exact) mass is 375 g/mol. The summed E-state index contributed by atoms with van der Waals surface area (Å²) in [6.45, 7) is 5.78. The van der Waals surface area contributed by atoms with E-state index >= 15 is 0 Å². The first kappa shape index (κ1) is 19.4. The van der Waals surface area contributed by atoms with Crippen LogP contribution in [0.5, 0.6) is 0 Å². The van der Waals surface area contributed by atoms with Gasteiger partial charge >= 0.3 is 0 Å².